The van der Waals surface area contributed by atoms with Crippen LogP contribution in [0.5, 0.6) is 28.7 Å². The van der Waals surface area contributed by atoms with E-state index in [1.807, 2.05) is 0 Å². The number of oxime groups is 1. The molecule has 0 spiro atoms. The monoisotopic (exact) mass is 2150 g/mol. The number of hydrogen-bond acceptors (Lipinski definition) is 23. The van der Waals surface area contributed by atoms with Crippen LogP contribution in [-0.4, -0.2) is 115 Å². The number of allylic oxidation sites excluding steroid dienone is 1. The van der Waals surface area contributed by atoms with Gasteiger partial charge in [-0.1, -0.05) is 215 Å². The third kappa shape index (κ3) is 32.5. The van der Waals surface area contributed by atoms with E-state index in [2.05, 4.69) is 93.2 Å². The van der Waals surface area contributed by atoms with Crippen molar-refractivity contribution < 1.29 is 140 Å². The summed E-state index contributed by atoms with van der Waals surface area (Å²) in [6.45, 7) is 27.7. The second-order valence-corrected chi connectivity index (χ2v) is 29.0. The van der Waals surface area contributed by atoms with E-state index in [-0.39, 0.29) is 171 Å². The summed E-state index contributed by atoms with van der Waals surface area (Å²) >= 11 is 68.5. The Hall–Kier alpha value is -7.52. The first-order valence-electron chi connectivity index (χ1n) is 30.3. The molecule has 0 aliphatic heterocycles. The molecule has 9 N–H and O–H groups in total. The minimum atomic E-state index is -6.06. The molecule has 0 bridgehead atoms. The molecule has 6 aromatic heterocycles. The third-order valence-electron chi connectivity index (χ3n) is 13.0. The third-order valence-corrected chi connectivity index (χ3v) is 17.0. The van der Waals surface area contributed by atoms with Crippen molar-refractivity contribution in [3.63, 3.8) is 0 Å². The summed E-state index contributed by atoms with van der Waals surface area (Å²) in [5.41, 5.74) is 5.53. The first kappa shape index (κ1) is 107. The molecule has 628 valence electrons. The Morgan fingerprint density at radius 3 is 1.26 bits per heavy atom. The van der Waals surface area contributed by atoms with Gasteiger partial charge in [0.05, 0.1) is 91.1 Å². The minimum absolute atomic E-state index is 0. The summed E-state index contributed by atoms with van der Waals surface area (Å²) in [6, 6.07) is 15.9. The van der Waals surface area contributed by atoms with E-state index in [4.69, 9.17) is 221 Å². The summed E-state index contributed by atoms with van der Waals surface area (Å²) in [5.74, 6) is 4.71. The number of halogens is 20. The van der Waals surface area contributed by atoms with Crippen LogP contribution < -0.4 is 60.1 Å². The van der Waals surface area contributed by atoms with Crippen molar-refractivity contribution in [3.8, 4) is 74.7 Å². The van der Waals surface area contributed by atoms with Crippen molar-refractivity contribution >= 4 is 196 Å². The number of aromatic hydroxyl groups is 1. The van der Waals surface area contributed by atoms with Gasteiger partial charge in [0, 0.05) is 65.0 Å². The summed E-state index contributed by atoms with van der Waals surface area (Å²) in [7, 11) is 0. The van der Waals surface area contributed by atoms with Crippen molar-refractivity contribution in [1.29, 1.82) is 0 Å². The topological polar surface area (TPSA) is 392 Å². The molecule has 0 aliphatic carbocycles. The number of imidazole rings is 2. The van der Waals surface area contributed by atoms with E-state index in [1.165, 1.54) is 73.1 Å². The number of fused-ring (bicyclic) bond motifs is 2. The fraction of sp³-hybridized carbons (Fsp3) is 0.132. The van der Waals surface area contributed by atoms with Crippen molar-refractivity contribution in [2.24, 2.45) is 16.8 Å². The van der Waals surface area contributed by atoms with E-state index in [0.717, 1.165) is 38.7 Å². The van der Waals surface area contributed by atoms with Crippen LogP contribution in [0.25, 0.3) is 66.9 Å². The number of aliphatic hydroxyl groups is 2. The molecule has 1 atom stereocenters. The van der Waals surface area contributed by atoms with Crippen LogP contribution in [0.4, 0.5) is 37.7 Å². The second kappa shape index (κ2) is 50.7. The van der Waals surface area contributed by atoms with Crippen LogP contribution in [-0.2, 0) is 41.3 Å². The van der Waals surface area contributed by atoms with E-state index in [9.17, 15) is 31.4 Å². The van der Waals surface area contributed by atoms with Gasteiger partial charge in [-0.3, -0.25) is 0 Å². The van der Waals surface area contributed by atoms with Gasteiger partial charge in [0.25, 0.3) is 11.8 Å². The molecule has 0 saturated carbocycles. The molecule has 0 radical (unpaired) electrons. The molecule has 11 aromatic rings. The first-order chi connectivity index (χ1) is 54.6. The molecule has 28 nitrogen and oxygen atoms in total. The maximum atomic E-state index is 13.0. The van der Waals surface area contributed by atoms with Gasteiger partial charge >= 0.3 is 70.9 Å². The second-order valence-electron chi connectivity index (χ2n) is 20.9. The Bertz CT molecular complexity index is 5710. The van der Waals surface area contributed by atoms with Crippen molar-refractivity contribution in [2.75, 3.05) is 38.4 Å². The Labute approximate surface area is 764 Å². The Morgan fingerprint density at radius 1 is 0.559 bits per heavy atom. The fourth-order valence-electron chi connectivity index (χ4n) is 8.02. The Kier molecular flexibility index (Phi) is 45.7. The standard InChI is InChI=1S/C19H12Cl3F3N4O4.C19H10Cl3F3N4O2.C10H10Cl2N2O2.C10H7Cl2NO.C7H3Cl2NO.C3H5Br.ClH.H3NO.Na.4O.Os.H/c20-11-3-15(32-7-9(31)6-30)12(21)2-10(11)16-27-18(33-28-16)14-5-29-4-8(19(23,24)25)1-13(22)17(29)26-14;1-2-3-30-15-6-11(20)10(5-12(15)21)16-27-18(31-28-16)14-8-29-7-9(19(23,24)25)4-13(22)17(29)26-14;1-2-3-16-9-5-7(11)6(4-8(9)12)10(13)14-15;1-3-4-14-10-6-7(11)9(13-2)5-8(10)12;1-10-6-2-5(9)7(11)3-4(6)8;1-2-3-4;;1-2;;;;;;;/h1-5,9,30-31H,6-7H2;2,4-8H,1,3H2;2,4-5,15H,1,3H2,(H2,13,14);3,5-6H,1,4H2;2-3,11H;2H,1,3H2;1H;2H,1H2;;;;;;;/q;;;;;;;;+1;;;;;;-1. The van der Waals surface area contributed by atoms with E-state index in [0.29, 0.717) is 67.4 Å². The molecule has 11 rings (SSSR count). The summed E-state index contributed by atoms with van der Waals surface area (Å²) in [6.07, 6.45) is 0.591. The van der Waals surface area contributed by atoms with Gasteiger partial charge in [0.2, 0.25) is 23.0 Å². The number of ether oxygens (including phenoxy) is 4. The van der Waals surface area contributed by atoms with Crippen LogP contribution >= 0.6 is 168 Å². The number of hydrogen-bond donors (Lipinski definition) is 7. The van der Waals surface area contributed by atoms with E-state index < -0.39 is 51.0 Å². The number of aliphatic hydroxyl groups excluding tert-OH is 2. The van der Waals surface area contributed by atoms with Crippen molar-refractivity contribution in [3.05, 3.63) is 248 Å². The molecule has 118 heavy (non-hydrogen) atoms. The van der Waals surface area contributed by atoms with E-state index >= 15 is 0 Å². The summed E-state index contributed by atoms with van der Waals surface area (Å²) < 4.78 is 147. The summed E-state index contributed by atoms with van der Waals surface area (Å²) in [5, 5.41) is 55.8. The predicted octanol–water partition coefficient (Wildman–Crippen LogP) is 19.3. The van der Waals surface area contributed by atoms with Crippen LogP contribution in [0, 0.1) is 13.1 Å². The number of aromatic nitrogens is 8. The quantitative estimate of drug-likeness (QED) is 0.00455. The average molecular weight is 2160 g/mol. The number of amidine groups is 1. The number of benzene rings is 5. The van der Waals surface area contributed by atoms with Crippen LogP contribution in [0.15, 0.2) is 162 Å². The number of alkyl halides is 7. The van der Waals surface area contributed by atoms with Gasteiger partial charge in [-0.25, -0.2) is 25.6 Å². The maximum absolute atomic E-state index is 13.0. The zero-order valence-electron chi connectivity index (χ0n) is 60.0. The molecule has 50 heteroatoms. The molecular formula is C68H52BrCl13F6N13NaO15Os. The first-order valence-corrected chi connectivity index (χ1v) is 40.1. The number of nitrogens with two attached hydrogens (primary N) is 2. The van der Waals surface area contributed by atoms with Gasteiger partial charge in [0.1, 0.15) is 72.7 Å². The molecule has 6 heterocycles. The van der Waals surface area contributed by atoms with Crippen LogP contribution in [0.1, 0.15) is 18.1 Å². The molecular weight excluding hydrogens is 2110 g/mol. The van der Waals surface area contributed by atoms with Crippen molar-refractivity contribution in [2.45, 2.75) is 18.5 Å². The van der Waals surface area contributed by atoms with Crippen molar-refractivity contribution in [1.82, 2.24) is 39.1 Å². The molecule has 0 amide bonds. The van der Waals surface area contributed by atoms with Crippen LogP contribution in [0.3, 0.4) is 0 Å². The normalized spacial score (nSPS) is 10.9. The van der Waals surface area contributed by atoms with Crippen LogP contribution in [0.2, 0.25) is 60.3 Å². The molecule has 0 fully saturated rings. The number of phenolic OH excluding ortho intramolecular Hbond substituents is 1. The van der Waals surface area contributed by atoms with Gasteiger partial charge < -0.3 is 69.7 Å². The SMILES string of the molecule is C=CCBr.C=CCOc1cc(Cl)c(-c2noc(-c3cn4cc(C(F)(F)F)cc(Cl)c4n3)n2)cc1Cl.C=CCOc1cc(Cl)c(/C(N)=N/O)cc1Cl.Cl.NO.OCC(O)COc1cc(Cl)c(-c2noc(-c3cn4cc(C(F)(F)F)cc(Cl)c4n3)n2)cc1Cl.[C-]#[N+]c1cc(Cl)c(O)cc1Cl.[C-]#[N+]c1cc(Cl)c(OCC=C)cc1Cl.[H-].[Na+].[O]=[Os](=[O])(=[O])=[O]. The van der Waals surface area contributed by atoms with Gasteiger partial charge in [-0.2, -0.15) is 36.3 Å². The number of phenols is 1. The molecule has 1 unspecified atom stereocenters. The zero-order valence-corrected chi connectivity index (χ0v) is 75.0. The predicted molar refractivity (Wildman–Crippen MR) is 431 cm³/mol. The Morgan fingerprint density at radius 2 is 0.907 bits per heavy atom. The van der Waals surface area contributed by atoms with Gasteiger partial charge in [-0.15, -0.1) is 19.0 Å². The van der Waals surface area contributed by atoms with E-state index in [1.54, 1.807) is 24.3 Å². The number of rotatable bonds is 19. The zero-order chi connectivity index (χ0) is 87.3. The summed E-state index contributed by atoms with van der Waals surface area (Å²) in [4.78, 5) is 23.1. The molecule has 5 aromatic carbocycles. The van der Waals surface area contributed by atoms with Gasteiger partial charge in [-0.05, 0) is 54.6 Å². The number of pyridine rings is 2. The molecule has 0 aliphatic rings. The fourth-order valence-corrected chi connectivity index (χ4v) is 10.7. The van der Waals surface area contributed by atoms with Gasteiger partial charge in [0.15, 0.2) is 17.1 Å². The number of nitrogens with zero attached hydrogens (tertiary/aromatic N) is 11. The average Bonchev–Trinajstić information content (AvgIpc) is 1.63. The Balaban J connectivity index is 0.000000753. The molecule has 0 saturated heterocycles.